The molecule has 2 N–H and O–H groups in total. The maximum Gasteiger partial charge on any atom is 0.243 e. The van der Waals surface area contributed by atoms with E-state index in [-0.39, 0.29) is 0 Å². The van der Waals surface area contributed by atoms with Crippen molar-refractivity contribution in [1.82, 2.24) is 4.31 Å². The first kappa shape index (κ1) is 16.0. The molecule has 1 aromatic rings. The molecule has 0 fully saturated rings. The zero-order valence-electron chi connectivity index (χ0n) is 12.5. The van der Waals surface area contributed by atoms with Gasteiger partial charge in [-0.25, -0.2) is 8.42 Å². The Morgan fingerprint density at radius 3 is 2.76 bits per heavy atom. The second-order valence-corrected chi connectivity index (χ2v) is 7.10. The summed E-state index contributed by atoms with van der Waals surface area (Å²) in [6.45, 7) is 3.33. The van der Waals surface area contributed by atoms with Gasteiger partial charge in [-0.05, 0) is 50.1 Å². The summed E-state index contributed by atoms with van der Waals surface area (Å²) in [4.78, 5) is 0.337. The molecule has 21 heavy (non-hydrogen) atoms. The van der Waals surface area contributed by atoms with E-state index < -0.39 is 10.0 Å². The molecular weight excluding hydrogens is 288 g/mol. The van der Waals surface area contributed by atoms with Crippen LogP contribution < -0.4 is 10.5 Å². The molecule has 1 aliphatic rings. The Morgan fingerprint density at radius 1 is 1.38 bits per heavy atom. The van der Waals surface area contributed by atoms with Gasteiger partial charge in [0.25, 0.3) is 0 Å². The van der Waals surface area contributed by atoms with Crippen LogP contribution in [0.4, 0.5) is 0 Å². The van der Waals surface area contributed by atoms with E-state index in [0.717, 1.165) is 12.0 Å². The standard InChI is InChI=1S/C15H22N2O3S/c1-12-4-3-9-17(11-12)21(18,19)15-6-5-14(20-2)10-13(15)7-8-16/h4-6,10H,3,7-9,11,16H2,1-2H3. The lowest BCUT2D eigenvalue weighted by molar-refractivity contribution is 0.412. The van der Waals surface area contributed by atoms with Crippen molar-refractivity contribution in [1.29, 1.82) is 0 Å². The highest BCUT2D eigenvalue weighted by Crippen LogP contribution is 2.27. The Labute approximate surface area is 126 Å². The fraction of sp³-hybridized carbons (Fsp3) is 0.467. The Balaban J connectivity index is 2.41. The number of sulfonamides is 1. The molecule has 5 nitrogen and oxygen atoms in total. The maximum atomic E-state index is 12.8. The van der Waals surface area contributed by atoms with Crippen LogP contribution in [0.3, 0.4) is 0 Å². The van der Waals surface area contributed by atoms with Gasteiger partial charge in [-0.1, -0.05) is 11.6 Å². The quantitative estimate of drug-likeness (QED) is 0.837. The molecule has 1 heterocycles. The number of rotatable bonds is 5. The second kappa shape index (κ2) is 6.60. The predicted octanol–water partition coefficient (Wildman–Crippen LogP) is 1.54. The van der Waals surface area contributed by atoms with Gasteiger partial charge in [-0.2, -0.15) is 4.31 Å². The minimum atomic E-state index is -3.49. The van der Waals surface area contributed by atoms with Crippen LogP contribution >= 0.6 is 0 Å². The lowest BCUT2D eigenvalue weighted by atomic mass is 10.1. The van der Waals surface area contributed by atoms with Crippen molar-refractivity contribution in [2.75, 3.05) is 26.7 Å². The molecule has 2 rings (SSSR count). The first-order valence-corrected chi connectivity index (χ1v) is 8.46. The number of methoxy groups -OCH3 is 1. The number of nitrogens with zero attached hydrogens (tertiary/aromatic N) is 1. The highest BCUT2D eigenvalue weighted by Gasteiger charge is 2.28. The van der Waals surface area contributed by atoms with Crippen LogP contribution in [-0.4, -0.2) is 39.5 Å². The van der Waals surface area contributed by atoms with E-state index in [1.54, 1.807) is 25.3 Å². The summed E-state index contributed by atoms with van der Waals surface area (Å²) in [5, 5.41) is 0. The SMILES string of the molecule is COc1ccc(S(=O)(=O)N2CCC=C(C)C2)c(CCN)c1. The van der Waals surface area contributed by atoms with E-state index in [2.05, 4.69) is 6.08 Å². The van der Waals surface area contributed by atoms with Crippen LogP contribution in [0.1, 0.15) is 18.9 Å². The van der Waals surface area contributed by atoms with Gasteiger partial charge in [-0.15, -0.1) is 0 Å². The minimum Gasteiger partial charge on any atom is -0.497 e. The predicted molar refractivity (Wildman–Crippen MR) is 82.9 cm³/mol. The van der Waals surface area contributed by atoms with Crippen LogP contribution in [-0.2, 0) is 16.4 Å². The first-order chi connectivity index (χ1) is 9.98. The largest absolute Gasteiger partial charge is 0.497 e. The molecule has 0 saturated carbocycles. The minimum absolute atomic E-state index is 0.337. The molecule has 0 saturated heterocycles. The van der Waals surface area contributed by atoms with E-state index >= 15 is 0 Å². The third-order valence-corrected chi connectivity index (χ3v) is 5.54. The zero-order chi connectivity index (χ0) is 15.5. The molecule has 0 amide bonds. The molecule has 1 aliphatic heterocycles. The molecule has 116 valence electrons. The third-order valence-electron chi connectivity index (χ3n) is 3.60. The fourth-order valence-electron chi connectivity index (χ4n) is 2.51. The van der Waals surface area contributed by atoms with Crippen molar-refractivity contribution in [3.05, 3.63) is 35.4 Å². The average molecular weight is 310 g/mol. The summed E-state index contributed by atoms with van der Waals surface area (Å²) in [5.41, 5.74) is 7.40. The van der Waals surface area contributed by atoms with Gasteiger partial charge in [0.05, 0.1) is 12.0 Å². The highest BCUT2D eigenvalue weighted by atomic mass is 32.2. The summed E-state index contributed by atoms with van der Waals surface area (Å²) in [7, 11) is -1.93. The van der Waals surface area contributed by atoms with Crippen LogP contribution in [0.25, 0.3) is 0 Å². The summed E-state index contributed by atoms with van der Waals surface area (Å²) < 4.78 is 32.4. The molecule has 0 spiro atoms. The van der Waals surface area contributed by atoms with E-state index in [4.69, 9.17) is 10.5 Å². The Bertz CT molecular complexity index is 638. The van der Waals surface area contributed by atoms with E-state index in [1.165, 1.54) is 4.31 Å². The monoisotopic (exact) mass is 310 g/mol. The Morgan fingerprint density at radius 2 is 2.14 bits per heavy atom. The Hall–Kier alpha value is -1.37. The third kappa shape index (κ3) is 3.45. The topological polar surface area (TPSA) is 72.6 Å². The molecule has 0 atom stereocenters. The highest BCUT2D eigenvalue weighted by molar-refractivity contribution is 7.89. The fourth-order valence-corrected chi connectivity index (χ4v) is 4.24. The van der Waals surface area contributed by atoms with Gasteiger partial charge < -0.3 is 10.5 Å². The van der Waals surface area contributed by atoms with Gasteiger partial charge in [0.1, 0.15) is 5.75 Å². The number of ether oxygens (including phenoxy) is 1. The Kier molecular flexibility index (Phi) is 5.03. The molecule has 1 aromatic carbocycles. The molecule has 0 bridgehead atoms. The number of nitrogens with two attached hydrogens (primary N) is 1. The normalized spacial score (nSPS) is 16.6. The summed E-state index contributed by atoms with van der Waals surface area (Å²) in [6, 6.07) is 5.05. The molecule has 0 radical (unpaired) electrons. The van der Waals surface area contributed by atoms with E-state index in [1.807, 2.05) is 6.92 Å². The smallest absolute Gasteiger partial charge is 0.243 e. The number of benzene rings is 1. The average Bonchev–Trinajstić information content (AvgIpc) is 2.47. The van der Waals surface area contributed by atoms with Crippen LogP contribution in [0.15, 0.2) is 34.7 Å². The van der Waals surface area contributed by atoms with Gasteiger partial charge in [-0.3, -0.25) is 0 Å². The van der Waals surface area contributed by atoms with Gasteiger partial charge >= 0.3 is 0 Å². The molecular formula is C15H22N2O3S. The molecule has 0 unspecified atom stereocenters. The zero-order valence-corrected chi connectivity index (χ0v) is 13.3. The van der Waals surface area contributed by atoms with Crippen molar-refractivity contribution in [3.8, 4) is 5.75 Å². The van der Waals surface area contributed by atoms with Gasteiger partial charge in [0.2, 0.25) is 10.0 Å². The molecule has 6 heteroatoms. The van der Waals surface area contributed by atoms with Gasteiger partial charge in [0, 0.05) is 13.1 Å². The van der Waals surface area contributed by atoms with Crippen molar-refractivity contribution >= 4 is 10.0 Å². The second-order valence-electron chi connectivity index (χ2n) is 5.19. The molecule has 0 aromatic heterocycles. The lowest BCUT2D eigenvalue weighted by Gasteiger charge is -2.26. The van der Waals surface area contributed by atoms with Crippen molar-refractivity contribution in [2.45, 2.75) is 24.7 Å². The van der Waals surface area contributed by atoms with E-state index in [9.17, 15) is 8.42 Å². The number of hydrogen-bond donors (Lipinski definition) is 1. The van der Waals surface area contributed by atoms with Crippen LogP contribution in [0.5, 0.6) is 5.75 Å². The maximum absolute atomic E-state index is 12.8. The summed E-state index contributed by atoms with van der Waals surface area (Å²) in [6.07, 6.45) is 3.35. The summed E-state index contributed by atoms with van der Waals surface area (Å²) in [5.74, 6) is 0.645. The van der Waals surface area contributed by atoms with Crippen LogP contribution in [0, 0.1) is 0 Å². The first-order valence-electron chi connectivity index (χ1n) is 7.02. The lowest BCUT2D eigenvalue weighted by Crippen LogP contribution is -2.36. The van der Waals surface area contributed by atoms with Gasteiger partial charge in [0.15, 0.2) is 0 Å². The summed E-state index contributed by atoms with van der Waals surface area (Å²) >= 11 is 0. The van der Waals surface area contributed by atoms with Crippen molar-refractivity contribution in [2.24, 2.45) is 5.73 Å². The number of hydrogen-bond acceptors (Lipinski definition) is 4. The molecule has 0 aliphatic carbocycles. The van der Waals surface area contributed by atoms with Crippen molar-refractivity contribution in [3.63, 3.8) is 0 Å². The van der Waals surface area contributed by atoms with Crippen LogP contribution in [0.2, 0.25) is 0 Å². The van der Waals surface area contributed by atoms with E-state index in [0.29, 0.717) is 42.3 Å². The van der Waals surface area contributed by atoms with Crippen molar-refractivity contribution < 1.29 is 13.2 Å².